The van der Waals surface area contributed by atoms with Crippen LogP contribution in [0.25, 0.3) is 0 Å². The average Bonchev–Trinajstić information content (AvgIpc) is 3.26. The number of nitrogens with zero attached hydrogens (tertiary/aromatic N) is 5. The van der Waals surface area contributed by atoms with E-state index in [1.807, 2.05) is 11.4 Å². The summed E-state index contributed by atoms with van der Waals surface area (Å²) in [6.07, 6.45) is 2.66. The minimum Gasteiger partial charge on any atom is -0.473 e. The number of aliphatic imine (C=N–C) groups is 2. The monoisotopic (exact) mass is 409 g/mol. The minimum absolute atomic E-state index is 0.0949. The highest BCUT2D eigenvalue weighted by Gasteiger charge is 2.33. The van der Waals surface area contributed by atoms with Crippen LogP contribution >= 0.6 is 11.3 Å². The van der Waals surface area contributed by atoms with E-state index in [0.717, 1.165) is 10.6 Å². The number of ether oxygens (including phenoxy) is 1. The number of hydrogen-bond donors (Lipinski definition) is 0. The van der Waals surface area contributed by atoms with E-state index in [0.29, 0.717) is 37.4 Å². The molecule has 0 unspecified atom stereocenters. The fourth-order valence-electron chi connectivity index (χ4n) is 3.17. The van der Waals surface area contributed by atoms with Crippen molar-refractivity contribution in [1.29, 1.82) is 0 Å². The molecule has 3 rings (SSSR count). The Labute approximate surface area is 163 Å². The van der Waals surface area contributed by atoms with Crippen LogP contribution in [0.3, 0.4) is 0 Å². The molecular formula is C17H23N5O3S2. The van der Waals surface area contributed by atoms with E-state index in [1.165, 1.54) is 20.3 Å². The van der Waals surface area contributed by atoms with Gasteiger partial charge in [0.05, 0.1) is 11.9 Å². The number of aromatic nitrogens is 2. The molecule has 1 aliphatic rings. The third kappa shape index (κ3) is 3.83. The fraction of sp³-hybridized carbons (Fsp3) is 0.471. The first-order valence-corrected chi connectivity index (χ1v) is 10.9. The Hall–Kier alpha value is -2.04. The minimum atomic E-state index is -3.56. The first-order chi connectivity index (χ1) is 12.9. The molecule has 3 heterocycles. The van der Waals surface area contributed by atoms with Gasteiger partial charge in [-0.1, -0.05) is 0 Å². The highest BCUT2D eigenvalue weighted by Crippen LogP contribution is 2.28. The molecule has 0 aliphatic carbocycles. The SMILES string of the molecule is C=Nc1ccsc1C(=NC)OC1CCN(S(=O)(=O)c2c(C)cnn2C)CC1. The molecule has 146 valence electrons. The fourth-order valence-corrected chi connectivity index (χ4v) is 5.78. The van der Waals surface area contributed by atoms with Crippen LogP contribution in [-0.4, -0.2) is 61.4 Å². The Morgan fingerprint density at radius 3 is 2.67 bits per heavy atom. The van der Waals surface area contributed by atoms with Crippen molar-refractivity contribution in [2.24, 2.45) is 17.0 Å². The van der Waals surface area contributed by atoms with Gasteiger partial charge in [-0.25, -0.2) is 8.42 Å². The summed E-state index contributed by atoms with van der Waals surface area (Å²) in [4.78, 5) is 9.06. The largest absolute Gasteiger partial charge is 0.473 e. The van der Waals surface area contributed by atoms with Crippen LogP contribution in [0.1, 0.15) is 23.3 Å². The maximum absolute atomic E-state index is 12.9. The number of aryl methyl sites for hydroxylation is 2. The molecule has 0 atom stereocenters. The van der Waals surface area contributed by atoms with E-state index >= 15 is 0 Å². The molecule has 27 heavy (non-hydrogen) atoms. The number of sulfonamides is 1. The zero-order chi connectivity index (χ0) is 19.6. The Kier molecular flexibility index (Phi) is 5.78. The molecular weight excluding hydrogens is 386 g/mol. The van der Waals surface area contributed by atoms with Crippen LogP contribution in [0.4, 0.5) is 5.69 Å². The van der Waals surface area contributed by atoms with Gasteiger partial charge in [0.1, 0.15) is 11.0 Å². The lowest BCUT2D eigenvalue weighted by Gasteiger charge is -2.31. The maximum atomic E-state index is 12.9. The summed E-state index contributed by atoms with van der Waals surface area (Å²) in [5, 5.41) is 6.21. The van der Waals surface area contributed by atoms with Gasteiger partial charge < -0.3 is 4.74 Å². The molecule has 8 nitrogen and oxygen atoms in total. The van der Waals surface area contributed by atoms with Crippen molar-refractivity contribution < 1.29 is 13.2 Å². The zero-order valence-corrected chi connectivity index (χ0v) is 17.3. The van der Waals surface area contributed by atoms with E-state index in [2.05, 4.69) is 21.8 Å². The second-order valence-corrected chi connectivity index (χ2v) is 9.07. The molecule has 0 spiro atoms. The van der Waals surface area contributed by atoms with Crippen LogP contribution in [0.5, 0.6) is 0 Å². The maximum Gasteiger partial charge on any atom is 0.260 e. The number of thiophene rings is 1. The summed E-state index contributed by atoms with van der Waals surface area (Å²) in [7, 11) is -0.246. The molecule has 10 heteroatoms. The quantitative estimate of drug-likeness (QED) is 0.560. The normalized spacial score (nSPS) is 17.2. The van der Waals surface area contributed by atoms with Crippen molar-refractivity contribution >= 4 is 39.7 Å². The molecule has 1 saturated heterocycles. The van der Waals surface area contributed by atoms with Gasteiger partial charge in [0.25, 0.3) is 10.0 Å². The Balaban J connectivity index is 1.68. The van der Waals surface area contributed by atoms with Gasteiger partial charge in [0.2, 0.25) is 5.90 Å². The van der Waals surface area contributed by atoms with Crippen LogP contribution in [0, 0.1) is 6.92 Å². The zero-order valence-electron chi connectivity index (χ0n) is 15.6. The molecule has 2 aromatic rings. The molecule has 2 aromatic heterocycles. The molecule has 0 radical (unpaired) electrons. The Morgan fingerprint density at radius 2 is 2.11 bits per heavy atom. The molecule has 1 aliphatic heterocycles. The molecule has 0 saturated carbocycles. The van der Waals surface area contributed by atoms with Crippen molar-refractivity contribution in [1.82, 2.24) is 14.1 Å². The topological polar surface area (TPSA) is 89.2 Å². The second-order valence-electron chi connectivity index (χ2n) is 6.30. The van der Waals surface area contributed by atoms with E-state index in [1.54, 1.807) is 27.2 Å². The van der Waals surface area contributed by atoms with Crippen molar-refractivity contribution in [2.45, 2.75) is 30.9 Å². The first kappa shape index (κ1) is 19.7. The lowest BCUT2D eigenvalue weighted by Crippen LogP contribution is -2.42. The Morgan fingerprint density at radius 1 is 1.41 bits per heavy atom. The number of rotatable bonds is 5. The predicted octanol–water partition coefficient (Wildman–Crippen LogP) is 2.37. The van der Waals surface area contributed by atoms with E-state index in [-0.39, 0.29) is 11.1 Å². The number of piperidine rings is 1. The molecule has 0 bridgehead atoms. The molecule has 1 fully saturated rings. The van der Waals surface area contributed by atoms with Gasteiger partial charge in [-0.2, -0.15) is 9.40 Å². The van der Waals surface area contributed by atoms with E-state index in [4.69, 9.17) is 4.74 Å². The summed E-state index contributed by atoms with van der Waals surface area (Å²) in [5.41, 5.74) is 1.39. The van der Waals surface area contributed by atoms with Crippen molar-refractivity contribution in [2.75, 3.05) is 20.1 Å². The van der Waals surface area contributed by atoms with Crippen LogP contribution in [-0.2, 0) is 21.8 Å². The number of hydrogen-bond acceptors (Lipinski definition) is 7. The van der Waals surface area contributed by atoms with E-state index < -0.39 is 10.0 Å². The lowest BCUT2D eigenvalue weighted by atomic mass is 10.1. The van der Waals surface area contributed by atoms with Gasteiger partial charge in [0.15, 0.2) is 5.03 Å². The summed E-state index contributed by atoms with van der Waals surface area (Å²) >= 11 is 1.50. The third-order valence-corrected chi connectivity index (χ3v) is 7.54. The van der Waals surface area contributed by atoms with Gasteiger partial charge in [-0.05, 0) is 37.9 Å². The van der Waals surface area contributed by atoms with Gasteiger partial charge >= 0.3 is 0 Å². The van der Waals surface area contributed by atoms with Crippen molar-refractivity contribution in [3.05, 3.63) is 28.1 Å². The summed E-state index contributed by atoms with van der Waals surface area (Å²) in [5.74, 6) is 0.524. The Bertz CT molecular complexity index is 934. The molecule has 0 aromatic carbocycles. The average molecular weight is 410 g/mol. The predicted molar refractivity (Wildman–Crippen MR) is 107 cm³/mol. The van der Waals surface area contributed by atoms with Gasteiger partial charge in [0, 0.05) is 32.7 Å². The third-order valence-electron chi connectivity index (χ3n) is 4.53. The summed E-state index contributed by atoms with van der Waals surface area (Å²) in [6.45, 7) is 6.11. The summed E-state index contributed by atoms with van der Waals surface area (Å²) in [6, 6.07) is 1.87. The van der Waals surface area contributed by atoms with Crippen molar-refractivity contribution in [3.8, 4) is 0 Å². The molecule has 0 amide bonds. The van der Waals surface area contributed by atoms with Crippen LogP contribution in [0.15, 0.2) is 32.7 Å². The standard InChI is InChI=1S/C17H23N5O3S2/c1-12-11-20-21(4)17(12)27(23,24)22-8-5-13(6-9-22)25-16(19-3)15-14(18-2)7-10-26-15/h7,10-11,13H,2,5-6,8-9H2,1,3-4H3. The van der Waals surface area contributed by atoms with Gasteiger partial charge in [-0.15, -0.1) is 11.3 Å². The van der Waals surface area contributed by atoms with Gasteiger partial charge in [-0.3, -0.25) is 14.7 Å². The second kappa shape index (κ2) is 7.91. The lowest BCUT2D eigenvalue weighted by molar-refractivity contribution is 0.125. The van der Waals surface area contributed by atoms with Crippen LogP contribution in [0.2, 0.25) is 0 Å². The summed E-state index contributed by atoms with van der Waals surface area (Å²) < 4.78 is 34.8. The molecule has 0 N–H and O–H groups in total. The highest BCUT2D eigenvalue weighted by molar-refractivity contribution is 7.89. The van der Waals surface area contributed by atoms with E-state index in [9.17, 15) is 8.42 Å². The highest BCUT2D eigenvalue weighted by atomic mass is 32.2. The smallest absolute Gasteiger partial charge is 0.260 e. The first-order valence-electron chi connectivity index (χ1n) is 8.55. The van der Waals surface area contributed by atoms with Crippen LogP contribution < -0.4 is 0 Å². The van der Waals surface area contributed by atoms with Crippen molar-refractivity contribution in [3.63, 3.8) is 0 Å².